The Morgan fingerprint density at radius 2 is 1.52 bits per heavy atom. The predicted octanol–water partition coefficient (Wildman–Crippen LogP) is 2.89. The zero-order chi connectivity index (χ0) is 19.2. The third-order valence-electron chi connectivity index (χ3n) is 4.16. The number of nitrogens with one attached hydrogen (secondary N) is 1. The molecule has 0 saturated heterocycles. The van der Waals surface area contributed by atoms with Gasteiger partial charge in [0.2, 0.25) is 11.9 Å². The molecule has 1 heterocycles. The number of anilines is 2. The highest BCUT2D eigenvalue weighted by Gasteiger charge is 2.14. The molecule has 0 unspecified atom stereocenters. The first-order chi connectivity index (χ1) is 13.1. The first-order valence-corrected chi connectivity index (χ1v) is 8.43. The van der Waals surface area contributed by atoms with Gasteiger partial charge in [-0.1, -0.05) is 24.3 Å². The quantitative estimate of drug-likeness (QED) is 0.612. The molecule has 27 heavy (non-hydrogen) atoms. The van der Waals surface area contributed by atoms with E-state index in [2.05, 4.69) is 10.1 Å². The van der Waals surface area contributed by atoms with Crippen molar-refractivity contribution in [1.29, 1.82) is 0 Å². The lowest BCUT2D eigenvalue weighted by atomic mass is 10.2. The van der Waals surface area contributed by atoms with E-state index in [9.17, 15) is 5.21 Å². The lowest BCUT2D eigenvalue weighted by molar-refractivity contribution is 0.414. The van der Waals surface area contributed by atoms with Gasteiger partial charge in [-0.05, 0) is 35.4 Å². The second-order valence-corrected chi connectivity index (χ2v) is 6.05. The van der Waals surface area contributed by atoms with E-state index in [4.69, 9.17) is 9.47 Å². The van der Waals surface area contributed by atoms with E-state index in [0.29, 0.717) is 19.0 Å². The van der Waals surface area contributed by atoms with Gasteiger partial charge in [0, 0.05) is 13.6 Å². The van der Waals surface area contributed by atoms with Gasteiger partial charge in [0.1, 0.15) is 11.5 Å². The van der Waals surface area contributed by atoms with E-state index in [1.54, 1.807) is 24.4 Å². The average molecular weight is 368 g/mol. The van der Waals surface area contributed by atoms with Gasteiger partial charge in [-0.15, -0.1) is 5.10 Å². The highest BCUT2D eigenvalue weighted by Crippen LogP contribution is 2.20. The maximum absolute atomic E-state index is 11.0. The number of ether oxygens (including phenoxy) is 2. The Bertz CT molecular complexity index is 862. The maximum atomic E-state index is 11.0. The van der Waals surface area contributed by atoms with Crippen LogP contribution in [0.5, 0.6) is 11.5 Å². The molecule has 8 heteroatoms. The zero-order valence-electron chi connectivity index (χ0n) is 15.5. The van der Waals surface area contributed by atoms with Gasteiger partial charge < -0.3 is 25.1 Å². The third kappa shape index (κ3) is 4.48. The van der Waals surface area contributed by atoms with E-state index >= 15 is 0 Å². The summed E-state index contributed by atoms with van der Waals surface area (Å²) < 4.78 is 12.1. The molecule has 0 aliphatic heterocycles. The normalized spacial score (nSPS) is 10.5. The fraction of sp³-hybridized carbons (Fsp3) is 0.263. The van der Waals surface area contributed by atoms with Gasteiger partial charge in [-0.25, -0.2) is 4.68 Å². The number of benzene rings is 2. The van der Waals surface area contributed by atoms with Gasteiger partial charge in [-0.3, -0.25) is 0 Å². The van der Waals surface area contributed by atoms with Crippen molar-refractivity contribution in [1.82, 2.24) is 14.8 Å². The van der Waals surface area contributed by atoms with Crippen molar-refractivity contribution >= 4 is 11.9 Å². The summed E-state index contributed by atoms with van der Waals surface area (Å²) in [5.74, 6) is 2.23. The monoisotopic (exact) mass is 368 g/mol. The van der Waals surface area contributed by atoms with E-state index in [1.807, 2.05) is 60.5 Å². The predicted molar refractivity (Wildman–Crippen MR) is 104 cm³/mol. The molecule has 0 bridgehead atoms. The second kappa shape index (κ2) is 8.41. The molecule has 142 valence electrons. The topological polar surface area (TPSA) is 87.5 Å². The van der Waals surface area contributed by atoms with E-state index < -0.39 is 0 Å². The fourth-order valence-corrected chi connectivity index (χ4v) is 2.74. The summed E-state index contributed by atoms with van der Waals surface area (Å²) in [6, 6.07) is 15.5. The Morgan fingerprint density at radius 1 is 0.963 bits per heavy atom. The number of rotatable bonds is 8. The molecule has 3 rings (SSSR count). The molecule has 1 N–H and O–H groups in total. The van der Waals surface area contributed by atoms with Gasteiger partial charge in [0.05, 0.1) is 20.8 Å². The number of hydrogen-bond donors (Lipinski definition) is 1. The molecular weight excluding hydrogens is 346 g/mol. The van der Waals surface area contributed by atoms with Gasteiger partial charge in [-0.2, -0.15) is 4.98 Å². The van der Waals surface area contributed by atoms with Gasteiger partial charge in [0.15, 0.2) is 0 Å². The third-order valence-corrected chi connectivity index (χ3v) is 4.16. The van der Waals surface area contributed by atoms with Crippen LogP contribution in [0.2, 0.25) is 0 Å². The Morgan fingerprint density at radius 3 is 2.04 bits per heavy atom. The van der Waals surface area contributed by atoms with Crippen molar-refractivity contribution in [3.63, 3.8) is 0 Å². The summed E-state index contributed by atoms with van der Waals surface area (Å²) in [5.41, 5.74) is 3.89. The second-order valence-electron chi connectivity index (χ2n) is 6.05. The minimum absolute atomic E-state index is 0.0418. The number of methoxy groups -OCH3 is 2. The zero-order valence-corrected chi connectivity index (χ0v) is 15.5. The van der Waals surface area contributed by atoms with Crippen molar-refractivity contribution in [2.24, 2.45) is 0 Å². The van der Waals surface area contributed by atoms with E-state index in [1.165, 1.54) is 0 Å². The number of nitrogens with zero attached hydrogens (tertiary/aromatic N) is 4. The van der Waals surface area contributed by atoms with Crippen LogP contribution in [0.1, 0.15) is 11.1 Å². The molecule has 0 spiro atoms. The van der Waals surface area contributed by atoms with Crippen molar-refractivity contribution in [2.75, 3.05) is 31.6 Å². The van der Waals surface area contributed by atoms with E-state index in [-0.39, 0.29) is 5.95 Å². The molecule has 0 radical (unpaired) electrons. The molecule has 0 saturated carbocycles. The molecule has 0 amide bonds. The minimum atomic E-state index is 0.0418. The molecule has 2 aromatic carbocycles. The van der Waals surface area contributed by atoms with Crippen LogP contribution in [-0.4, -0.2) is 36.0 Å². The SMILES string of the molecule is COc1ccc(CN(C)c2nc(N[O-])nn2Cc2ccc(OC)cc2)cc1. The first kappa shape index (κ1) is 18.5. The Labute approximate surface area is 157 Å². The molecule has 0 fully saturated rings. The molecule has 8 nitrogen and oxygen atoms in total. The summed E-state index contributed by atoms with van der Waals surface area (Å²) in [7, 11) is 5.18. The van der Waals surface area contributed by atoms with Crippen LogP contribution in [0.4, 0.5) is 11.9 Å². The molecule has 0 atom stereocenters. The largest absolute Gasteiger partial charge is 0.759 e. The van der Waals surface area contributed by atoms with Crippen LogP contribution in [0.3, 0.4) is 0 Å². The van der Waals surface area contributed by atoms with Crippen LogP contribution in [0.25, 0.3) is 0 Å². The minimum Gasteiger partial charge on any atom is -0.759 e. The van der Waals surface area contributed by atoms with Gasteiger partial charge >= 0.3 is 0 Å². The van der Waals surface area contributed by atoms with Gasteiger partial charge in [0.25, 0.3) is 0 Å². The van der Waals surface area contributed by atoms with Crippen LogP contribution >= 0.6 is 0 Å². The van der Waals surface area contributed by atoms with Crippen LogP contribution < -0.4 is 19.9 Å². The summed E-state index contributed by atoms with van der Waals surface area (Å²) in [4.78, 5) is 6.24. The molecule has 1 aromatic heterocycles. The Hall–Kier alpha value is -3.26. The average Bonchev–Trinajstić information content (AvgIpc) is 3.12. The standard InChI is InChI=1S/C19H22N5O3/c1-23(12-14-4-8-16(26-2)9-5-14)19-20-18(22-25)21-24(19)13-15-6-10-17(27-3)11-7-15/h4-11H,12-13H2,1-3H3,(H-,21,22,25)/q-1. The lowest BCUT2D eigenvalue weighted by Gasteiger charge is -2.19. The van der Waals surface area contributed by atoms with Crippen molar-refractivity contribution in [2.45, 2.75) is 13.1 Å². The first-order valence-electron chi connectivity index (χ1n) is 8.43. The highest BCUT2D eigenvalue weighted by atomic mass is 16.5. The smallest absolute Gasteiger partial charge is 0.233 e. The number of hydrogen-bond acceptors (Lipinski definition) is 7. The Kier molecular flexibility index (Phi) is 5.77. The lowest BCUT2D eigenvalue weighted by Crippen LogP contribution is -2.21. The van der Waals surface area contributed by atoms with Crippen molar-refractivity contribution < 1.29 is 9.47 Å². The van der Waals surface area contributed by atoms with Crippen molar-refractivity contribution in [3.05, 3.63) is 64.9 Å². The highest BCUT2D eigenvalue weighted by molar-refractivity contribution is 5.40. The summed E-state index contributed by atoms with van der Waals surface area (Å²) in [6.07, 6.45) is 0. The summed E-state index contributed by atoms with van der Waals surface area (Å²) in [5, 5.41) is 15.3. The molecule has 0 aliphatic rings. The molecular formula is C19H22N5O3-. The van der Waals surface area contributed by atoms with E-state index in [0.717, 1.165) is 22.6 Å². The van der Waals surface area contributed by atoms with Crippen LogP contribution in [-0.2, 0) is 13.1 Å². The number of aromatic nitrogens is 3. The van der Waals surface area contributed by atoms with Crippen molar-refractivity contribution in [3.8, 4) is 11.5 Å². The molecule has 3 aromatic rings. The van der Waals surface area contributed by atoms with Crippen LogP contribution in [0, 0.1) is 5.21 Å². The summed E-state index contributed by atoms with van der Waals surface area (Å²) in [6.45, 7) is 1.10. The Balaban J connectivity index is 1.79. The summed E-state index contributed by atoms with van der Waals surface area (Å²) >= 11 is 0. The van der Waals surface area contributed by atoms with Crippen LogP contribution in [0.15, 0.2) is 48.5 Å². The maximum Gasteiger partial charge on any atom is 0.233 e. The molecule has 0 aliphatic carbocycles. The fourth-order valence-electron chi connectivity index (χ4n) is 2.74.